The standard InChI is InChI=1S/C20H17Cl2N5O2/c21-14-5-4-13(16(22)8-14)9-26-20(29)12-3-1-2-11(6-12)7-15-10-25-18(23)17(27-15)19(24)28/h1-6,8,10H,7,9H2,(H2,23,25)(H2,24,28)(H,26,29). The molecule has 0 spiro atoms. The van der Waals surface area contributed by atoms with E-state index in [9.17, 15) is 9.59 Å². The lowest BCUT2D eigenvalue weighted by molar-refractivity contribution is 0.0949. The third kappa shape index (κ3) is 5.22. The number of rotatable bonds is 6. The second kappa shape index (κ2) is 8.89. The number of hydrogen-bond donors (Lipinski definition) is 3. The molecule has 1 heterocycles. The molecule has 3 rings (SSSR count). The monoisotopic (exact) mass is 429 g/mol. The Hall–Kier alpha value is -3.16. The third-order valence-corrected chi connectivity index (χ3v) is 4.70. The molecule has 0 unspecified atom stereocenters. The fourth-order valence-electron chi connectivity index (χ4n) is 2.68. The van der Waals surface area contributed by atoms with Gasteiger partial charge in [-0.1, -0.05) is 41.4 Å². The number of aromatic nitrogens is 2. The lowest BCUT2D eigenvalue weighted by Crippen LogP contribution is -2.23. The predicted octanol–water partition coefficient (Wildman–Crippen LogP) is 2.99. The average Bonchev–Trinajstić information content (AvgIpc) is 2.68. The summed E-state index contributed by atoms with van der Waals surface area (Å²) in [5.41, 5.74) is 13.3. The molecule has 0 radical (unpaired) electrons. The number of benzene rings is 2. The number of nitrogen functional groups attached to an aromatic ring is 1. The highest BCUT2D eigenvalue weighted by Crippen LogP contribution is 2.21. The lowest BCUT2D eigenvalue weighted by atomic mass is 10.1. The number of amides is 2. The number of carbonyl (C=O) groups excluding carboxylic acids is 2. The Kier molecular flexibility index (Phi) is 6.31. The third-order valence-electron chi connectivity index (χ3n) is 4.11. The first-order chi connectivity index (χ1) is 13.8. The summed E-state index contributed by atoms with van der Waals surface area (Å²) in [5, 5.41) is 3.84. The maximum Gasteiger partial charge on any atom is 0.271 e. The van der Waals surface area contributed by atoms with Crippen LogP contribution in [0.4, 0.5) is 5.82 Å². The first-order valence-electron chi connectivity index (χ1n) is 8.55. The van der Waals surface area contributed by atoms with Crippen LogP contribution in [0.15, 0.2) is 48.7 Å². The molecule has 148 valence electrons. The summed E-state index contributed by atoms with van der Waals surface area (Å²) in [4.78, 5) is 32.0. The number of anilines is 1. The van der Waals surface area contributed by atoms with Crippen LogP contribution in [0.2, 0.25) is 10.0 Å². The van der Waals surface area contributed by atoms with Crippen LogP contribution in [0.1, 0.15) is 37.7 Å². The first-order valence-corrected chi connectivity index (χ1v) is 9.31. The van der Waals surface area contributed by atoms with Crippen molar-refractivity contribution in [2.24, 2.45) is 5.73 Å². The molecule has 0 aliphatic heterocycles. The zero-order valence-electron chi connectivity index (χ0n) is 15.2. The van der Waals surface area contributed by atoms with Gasteiger partial charge >= 0.3 is 0 Å². The van der Waals surface area contributed by atoms with Crippen molar-refractivity contribution >= 4 is 40.8 Å². The Morgan fingerprint density at radius 1 is 1.10 bits per heavy atom. The highest BCUT2D eigenvalue weighted by Gasteiger charge is 2.12. The topological polar surface area (TPSA) is 124 Å². The fraction of sp³-hybridized carbons (Fsp3) is 0.100. The van der Waals surface area contributed by atoms with Crippen LogP contribution in [0.5, 0.6) is 0 Å². The lowest BCUT2D eigenvalue weighted by Gasteiger charge is -2.09. The maximum atomic E-state index is 12.5. The molecule has 2 amide bonds. The molecule has 5 N–H and O–H groups in total. The number of hydrogen-bond acceptors (Lipinski definition) is 5. The number of carbonyl (C=O) groups is 2. The quantitative estimate of drug-likeness (QED) is 0.555. The van der Waals surface area contributed by atoms with Gasteiger partial charge in [0, 0.05) is 28.6 Å². The van der Waals surface area contributed by atoms with E-state index < -0.39 is 5.91 Å². The Bertz CT molecular complexity index is 1090. The van der Waals surface area contributed by atoms with Crippen molar-refractivity contribution in [1.82, 2.24) is 15.3 Å². The molecular formula is C20H17Cl2N5O2. The summed E-state index contributed by atoms with van der Waals surface area (Å²) >= 11 is 12.0. The summed E-state index contributed by atoms with van der Waals surface area (Å²) in [6.45, 7) is 0.268. The van der Waals surface area contributed by atoms with Crippen LogP contribution in [-0.4, -0.2) is 21.8 Å². The molecule has 1 aromatic heterocycles. The molecule has 0 saturated carbocycles. The van der Waals surface area contributed by atoms with Crippen molar-refractivity contribution in [3.8, 4) is 0 Å². The molecule has 2 aromatic carbocycles. The highest BCUT2D eigenvalue weighted by atomic mass is 35.5. The number of nitrogens with one attached hydrogen (secondary N) is 1. The summed E-state index contributed by atoms with van der Waals surface area (Å²) in [5.74, 6) is -1.01. The van der Waals surface area contributed by atoms with Gasteiger partial charge in [-0.05, 0) is 35.4 Å². The van der Waals surface area contributed by atoms with Gasteiger partial charge in [0.25, 0.3) is 11.8 Å². The maximum absolute atomic E-state index is 12.5. The largest absolute Gasteiger partial charge is 0.382 e. The number of nitrogens with two attached hydrogens (primary N) is 2. The van der Waals surface area contributed by atoms with E-state index in [0.29, 0.717) is 27.7 Å². The van der Waals surface area contributed by atoms with Crippen molar-refractivity contribution < 1.29 is 9.59 Å². The molecule has 0 bridgehead atoms. The van der Waals surface area contributed by atoms with Gasteiger partial charge in [0.05, 0.1) is 11.9 Å². The van der Waals surface area contributed by atoms with E-state index in [1.54, 1.807) is 36.4 Å². The van der Waals surface area contributed by atoms with Crippen LogP contribution in [0.25, 0.3) is 0 Å². The minimum atomic E-state index is -0.745. The van der Waals surface area contributed by atoms with Crippen LogP contribution in [0, 0.1) is 0 Å². The summed E-state index contributed by atoms with van der Waals surface area (Å²) in [7, 11) is 0. The Morgan fingerprint density at radius 2 is 1.90 bits per heavy atom. The Morgan fingerprint density at radius 3 is 2.62 bits per heavy atom. The number of halogens is 2. The zero-order valence-corrected chi connectivity index (χ0v) is 16.7. The molecular weight excluding hydrogens is 413 g/mol. The van der Waals surface area contributed by atoms with Gasteiger partial charge in [-0.15, -0.1) is 0 Å². The molecule has 7 nitrogen and oxygen atoms in total. The molecule has 0 atom stereocenters. The SMILES string of the molecule is NC(=O)c1nc(Cc2cccc(C(=O)NCc3ccc(Cl)cc3Cl)c2)cnc1N. The fourth-order valence-corrected chi connectivity index (χ4v) is 3.15. The second-order valence-corrected chi connectivity index (χ2v) is 7.10. The highest BCUT2D eigenvalue weighted by molar-refractivity contribution is 6.35. The van der Waals surface area contributed by atoms with Crippen LogP contribution in [-0.2, 0) is 13.0 Å². The van der Waals surface area contributed by atoms with E-state index in [1.807, 2.05) is 6.07 Å². The molecule has 0 aliphatic rings. The van der Waals surface area contributed by atoms with Gasteiger partial charge < -0.3 is 16.8 Å². The van der Waals surface area contributed by atoms with E-state index >= 15 is 0 Å². The van der Waals surface area contributed by atoms with Crippen LogP contribution < -0.4 is 16.8 Å². The van der Waals surface area contributed by atoms with E-state index in [0.717, 1.165) is 11.1 Å². The summed E-state index contributed by atoms with van der Waals surface area (Å²) in [6.07, 6.45) is 1.83. The van der Waals surface area contributed by atoms with Crippen molar-refractivity contribution in [1.29, 1.82) is 0 Å². The van der Waals surface area contributed by atoms with E-state index in [-0.39, 0.29) is 24.0 Å². The molecule has 29 heavy (non-hydrogen) atoms. The normalized spacial score (nSPS) is 10.6. The molecule has 0 fully saturated rings. The summed E-state index contributed by atoms with van der Waals surface area (Å²) in [6, 6.07) is 12.1. The second-order valence-electron chi connectivity index (χ2n) is 6.26. The predicted molar refractivity (Wildman–Crippen MR) is 112 cm³/mol. The molecule has 0 aliphatic carbocycles. The van der Waals surface area contributed by atoms with Gasteiger partial charge in [0.2, 0.25) is 0 Å². The van der Waals surface area contributed by atoms with E-state index in [4.69, 9.17) is 34.7 Å². The van der Waals surface area contributed by atoms with Gasteiger partial charge in [-0.2, -0.15) is 0 Å². The molecule has 3 aromatic rings. The Labute approximate surface area is 177 Å². The Balaban J connectivity index is 1.71. The zero-order chi connectivity index (χ0) is 21.0. The van der Waals surface area contributed by atoms with Crippen molar-refractivity contribution in [3.63, 3.8) is 0 Å². The van der Waals surface area contributed by atoms with Crippen molar-refractivity contribution in [3.05, 3.63) is 86.8 Å². The van der Waals surface area contributed by atoms with Crippen LogP contribution >= 0.6 is 23.2 Å². The van der Waals surface area contributed by atoms with Crippen molar-refractivity contribution in [2.75, 3.05) is 5.73 Å². The average molecular weight is 430 g/mol. The summed E-state index contributed by atoms with van der Waals surface area (Å²) < 4.78 is 0. The van der Waals surface area contributed by atoms with Gasteiger partial charge in [0.15, 0.2) is 11.5 Å². The first kappa shape index (κ1) is 20.6. The molecule has 0 saturated heterocycles. The van der Waals surface area contributed by atoms with Crippen molar-refractivity contribution in [2.45, 2.75) is 13.0 Å². The minimum absolute atomic E-state index is 0.0183. The van der Waals surface area contributed by atoms with E-state index in [2.05, 4.69) is 15.3 Å². The number of primary amides is 1. The van der Waals surface area contributed by atoms with E-state index in [1.165, 1.54) is 6.20 Å². The number of nitrogens with zero attached hydrogens (tertiary/aromatic N) is 2. The smallest absolute Gasteiger partial charge is 0.271 e. The van der Waals surface area contributed by atoms with Gasteiger partial charge in [-0.25, -0.2) is 9.97 Å². The minimum Gasteiger partial charge on any atom is -0.382 e. The van der Waals surface area contributed by atoms with Gasteiger partial charge in [0.1, 0.15) is 0 Å². The molecule has 9 heteroatoms. The van der Waals surface area contributed by atoms with Gasteiger partial charge in [-0.3, -0.25) is 9.59 Å². The van der Waals surface area contributed by atoms with Crippen LogP contribution in [0.3, 0.4) is 0 Å².